The summed E-state index contributed by atoms with van der Waals surface area (Å²) in [5.74, 6) is 0. The van der Waals surface area contributed by atoms with Gasteiger partial charge in [-0.05, 0) is 12.8 Å². The normalized spacial score (nSPS) is 17.7. The summed E-state index contributed by atoms with van der Waals surface area (Å²) in [7, 11) is 0. The van der Waals surface area contributed by atoms with Crippen molar-refractivity contribution in [2.24, 2.45) is 0 Å². The zero-order chi connectivity index (χ0) is 13.0. The minimum Gasteiger partial charge on any atom is -0.237 e. The summed E-state index contributed by atoms with van der Waals surface area (Å²) >= 11 is 0. The molecule has 0 bridgehead atoms. The van der Waals surface area contributed by atoms with Gasteiger partial charge in [0.1, 0.15) is 0 Å². The van der Waals surface area contributed by atoms with Crippen LogP contribution in [0.4, 0.5) is 13.2 Å². The molecule has 0 spiro atoms. The van der Waals surface area contributed by atoms with Crippen molar-refractivity contribution in [2.75, 3.05) is 0 Å². The van der Waals surface area contributed by atoms with E-state index >= 15 is 0 Å². The third kappa shape index (κ3) is 1.53. The van der Waals surface area contributed by atoms with Gasteiger partial charge in [0, 0.05) is 24.0 Å². The van der Waals surface area contributed by atoms with E-state index in [0.29, 0.717) is 18.4 Å². The van der Waals surface area contributed by atoms with Crippen molar-refractivity contribution in [1.82, 2.24) is 14.6 Å². The van der Waals surface area contributed by atoms with Gasteiger partial charge in [-0.15, -0.1) is 0 Å². The SMILES string of the molecule is N#CC1(c2cnc3cc(C(F)(F)F)nn3c2)CC1. The molecule has 1 saturated carbocycles. The van der Waals surface area contributed by atoms with Crippen molar-refractivity contribution in [3.05, 3.63) is 29.7 Å². The fraction of sp³-hybridized carbons (Fsp3) is 0.364. The van der Waals surface area contributed by atoms with Crippen molar-refractivity contribution >= 4 is 5.65 Å². The standard InChI is InChI=1S/C11H7F3N4/c12-11(13,14)8-3-9-16-4-7(5-18(9)17-8)10(6-15)1-2-10/h3-5H,1-2H2. The van der Waals surface area contributed by atoms with E-state index in [0.717, 1.165) is 10.6 Å². The van der Waals surface area contributed by atoms with E-state index in [9.17, 15) is 13.2 Å². The Kier molecular flexibility index (Phi) is 1.97. The summed E-state index contributed by atoms with van der Waals surface area (Å²) in [4.78, 5) is 3.92. The Morgan fingerprint density at radius 1 is 1.39 bits per heavy atom. The number of nitriles is 1. The Morgan fingerprint density at radius 3 is 2.67 bits per heavy atom. The largest absolute Gasteiger partial charge is 0.435 e. The Hall–Kier alpha value is -2.10. The molecule has 0 N–H and O–H groups in total. The molecule has 1 fully saturated rings. The average molecular weight is 252 g/mol. The summed E-state index contributed by atoms with van der Waals surface area (Å²) in [6, 6.07) is 3.05. The topological polar surface area (TPSA) is 54.0 Å². The summed E-state index contributed by atoms with van der Waals surface area (Å²) in [5, 5.41) is 12.5. The average Bonchev–Trinajstić information content (AvgIpc) is 2.99. The lowest BCUT2D eigenvalue weighted by Crippen LogP contribution is -2.07. The highest BCUT2D eigenvalue weighted by Crippen LogP contribution is 2.47. The maximum absolute atomic E-state index is 12.5. The molecule has 4 nitrogen and oxygen atoms in total. The highest BCUT2D eigenvalue weighted by molar-refractivity contribution is 5.44. The third-order valence-electron chi connectivity index (χ3n) is 3.12. The minimum atomic E-state index is -4.49. The molecule has 18 heavy (non-hydrogen) atoms. The van der Waals surface area contributed by atoms with E-state index in [2.05, 4.69) is 16.2 Å². The van der Waals surface area contributed by atoms with E-state index in [1.807, 2.05) is 0 Å². The van der Waals surface area contributed by atoms with E-state index in [1.165, 1.54) is 12.4 Å². The summed E-state index contributed by atoms with van der Waals surface area (Å²) < 4.78 is 38.5. The lowest BCUT2D eigenvalue weighted by atomic mass is 10.0. The van der Waals surface area contributed by atoms with Crippen molar-refractivity contribution in [1.29, 1.82) is 5.26 Å². The van der Waals surface area contributed by atoms with Gasteiger partial charge in [-0.1, -0.05) is 0 Å². The van der Waals surface area contributed by atoms with E-state index in [1.54, 1.807) is 0 Å². The number of nitrogens with zero attached hydrogens (tertiary/aromatic N) is 4. The maximum Gasteiger partial charge on any atom is 0.435 e. The molecular formula is C11H7F3N4. The Balaban J connectivity index is 2.11. The Morgan fingerprint density at radius 2 is 2.11 bits per heavy atom. The number of fused-ring (bicyclic) bond motifs is 1. The fourth-order valence-corrected chi connectivity index (χ4v) is 1.85. The van der Waals surface area contributed by atoms with Crippen LogP contribution >= 0.6 is 0 Å². The second kappa shape index (κ2) is 3.22. The third-order valence-corrected chi connectivity index (χ3v) is 3.12. The molecule has 0 aromatic carbocycles. The predicted octanol–water partition coefficient (Wildman–Crippen LogP) is 2.30. The number of halogens is 3. The van der Waals surface area contributed by atoms with Crippen LogP contribution in [0, 0.1) is 11.3 Å². The van der Waals surface area contributed by atoms with Crippen LogP contribution in [-0.2, 0) is 11.6 Å². The molecule has 1 aliphatic carbocycles. The second-order valence-electron chi connectivity index (χ2n) is 4.37. The Labute approximate surface area is 99.7 Å². The van der Waals surface area contributed by atoms with Crippen molar-refractivity contribution in [2.45, 2.75) is 24.4 Å². The lowest BCUT2D eigenvalue weighted by Gasteiger charge is -2.04. The van der Waals surface area contributed by atoms with Gasteiger partial charge in [0.25, 0.3) is 0 Å². The highest BCUT2D eigenvalue weighted by atomic mass is 19.4. The van der Waals surface area contributed by atoms with Gasteiger partial charge in [0.2, 0.25) is 0 Å². The molecule has 0 amide bonds. The van der Waals surface area contributed by atoms with E-state index in [-0.39, 0.29) is 5.65 Å². The van der Waals surface area contributed by atoms with Crippen LogP contribution in [-0.4, -0.2) is 14.6 Å². The van der Waals surface area contributed by atoms with Crippen LogP contribution < -0.4 is 0 Å². The summed E-state index contributed by atoms with van der Waals surface area (Å²) in [5.41, 5.74) is -0.811. The minimum absolute atomic E-state index is 0.125. The maximum atomic E-state index is 12.5. The molecule has 0 saturated heterocycles. The highest BCUT2D eigenvalue weighted by Gasteiger charge is 2.45. The number of hydrogen-bond donors (Lipinski definition) is 0. The van der Waals surface area contributed by atoms with Crippen LogP contribution in [0.15, 0.2) is 18.5 Å². The summed E-state index contributed by atoms with van der Waals surface area (Å²) in [6.45, 7) is 0. The van der Waals surface area contributed by atoms with Gasteiger partial charge >= 0.3 is 6.18 Å². The molecule has 3 rings (SSSR count). The van der Waals surface area contributed by atoms with E-state index < -0.39 is 17.3 Å². The smallest absolute Gasteiger partial charge is 0.237 e. The van der Waals surface area contributed by atoms with Crippen LogP contribution in [0.3, 0.4) is 0 Å². The van der Waals surface area contributed by atoms with Gasteiger partial charge in [0.15, 0.2) is 11.3 Å². The van der Waals surface area contributed by atoms with Gasteiger partial charge in [0.05, 0.1) is 11.5 Å². The molecule has 0 atom stereocenters. The van der Waals surface area contributed by atoms with Crippen LogP contribution in [0.1, 0.15) is 24.1 Å². The first kappa shape index (κ1) is 11.0. The molecule has 2 aromatic rings. The van der Waals surface area contributed by atoms with Gasteiger partial charge in [-0.2, -0.15) is 23.5 Å². The first-order valence-electron chi connectivity index (χ1n) is 5.29. The molecule has 7 heteroatoms. The van der Waals surface area contributed by atoms with Crippen molar-refractivity contribution < 1.29 is 13.2 Å². The summed E-state index contributed by atoms with van der Waals surface area (Å²) in [6.07, 6.45) is -0.157. The van der Waals surface area contributed by atoms with Gasteiger partial charge < -0.3 is 0 Å². The zero-order valence-electron chi connectivity index (χ0n) is 9.07. The molecular weight excluding hydrogens is 245 g/mol. The lowest BCUT2D eigenvalue weighted by molar-refractivity contribution is -0.141. The predicted molar refractivity (Wildman–Crippen MR) is 54.5 cm³/mol. The number of aromatic nitrogens is 3. The number of alkyl halides is 3. The molecule has 0 aliphatic heterocycles. The number of rotatable bonds is 1. The second-order valence-corrected chi connectivity index (χ2v) is 4.37. The van der Waals surface area contributed by atoms with Gasteiger partial charge in [-0.25, -0.2) is 9.50 Å². The molecule has 0 unspecified atom stereocenters. The number of hydrogen-bond acceptors (Lipinski definition) is 3. The Bertz CT molecular complexity index is 661. The zero-order valence-corrected chi connectivity index (χ0v) is 9.07. The first-order chi connectivity index (χ1) is 8.44. The molecule has 1 aliphatic rings. The van der Waals surface area contributed by atoms with Crippen LogP contribution in [0.5, 0.6) is 0 Å². The monoisotopic (exact) mass is 252 g/mol. The molecule has 2 heterocycles. The van der Waals surface area contributed by atoms with Crippen LogP contribution in [0.2, 0.25) is 0 Å². The van der Waals surface area contributed by atoms with Gasteiger partial charge in [-0.3, -0.25) is 0 Å². The van der Waals surface area contributed by atoms with E-state index in [4.69, 9.17) is 5.26 Å². The van der Waals surface area contributed by atoms with Crippen molar-refractivity contribution in [3.8, 4) is 6.07 Å². The van der Waals surface area contributed by atoms with Crippen molar-refractivity contribution in [3.63, 3.8) is 0 Å². The first-order valence-corrected chi connectivity index (χ1v) is 5.29. The molecule has 0 radical (unpaired) electrons. The van der Waals surface area contributed by atoms with Crippen LogP contribution in [0.25, 0.3) is 5.65 Å². The molecule has 2 aromatic heterocycles. The quantitative estimate of drug-likeness (QED) is 0.782. The fourth-order valence-electron chi connectivity index (χ4n) is 1.85. The molecule has 92 valence electrons.